The van der Waals surface area contributed by atoms with E-state index < -0.39 is 0 Å². The SMILES string of the molecule is O=C(NCCn1cncn1)c1ccc(N2CCOCC2)nn1. The van der Waals surface area contributed by atoms with E-state index in [4.69, 9.17) is 4.74 Å². The van der Waals surface area contributed by atoms with Gasteiger partial charge in [0, 0.05) is 19.6 Å². The summed E-state index contributed by atoms with van der Waals surface area (Å²) in [5.41, 5.74) is 0.301. The molecule has 0 spiro atoms. The molecule has 22 heavy (non-hydrogen) atoms. The van der Waals surface area contributed by atoms with Crippen molar-refractivity contribution in [1.82, 2.24) is 30.3 Å². The van der Waals surface area contributed by atoms with Crippen molar-refractivity contribution in [1.29, 1.82) is 0 Å². The van der Waals surface area contributed by atoms with Crippen LogP contribution in [0.2, 0.25) is 0 Å². The number of carbonyl (C=O) groups is 1. The topological polar surface area (TPSA) is 98.1 Å². The summed E-state index contributed by atoms with van der Waals surface area (Å²) in [7, 11) is 0. The molecule has 9 heteroatoms. The van der Waals surface area contributed by atoms with Crippen LogP contribution in [0.4, 0.5) is 5.82 Å². The van der Waals surface area contributed by atoms with E-state index in [1.165, 1.54) is 6.33 Å². The van der Waals surface area contributed by atoms with E-state index in [9.17, 15) is 4.79 Å². The lowest BCUT2D eigenvalue weighted by Gasteiger charge is -2.27. The Hall–Kier alpha value is -2.55. The minimum absolute atomic E-state index is 0.249. The van der Waals surface area contributed by atoms with Crippen molar-refractivity contribution in [3.8, 4) is 0 Å². The lowest BCUT2D eigenvalue weighted by molar-refractivity contribution is 0.0945. The predicted molar refractivity (Wildman–Crippen MR) is 77.4 cm³/mol. The van der Waals surface area contributed by atoms with Crippen LogP contribution in [-0.4, -0.2) is 63.7 Å². The molecule has 0 unspecified atom stereocenters. The summed E-state index contributed by atoms with van der Waals surface area (Å²) in [5, 5.41) is 14.8. The Morgan fingerprint density at radius 2 is 2.14 bits per heavy atom. The number of anilines is 1. The molecular weight excluding hydrogens is 286 g/mol. The Balaban J connectivity index is 1.51. The summed E-state index contributed by atoms with van der Waals surface area (Å²) in [6.45, 7) is 3.97. The second kappa shape index (κ2) is 6.94. The van der Waals surface area contributed by atoms with E-state index in [1.54, 1.807) is 17.1 Å². The van der Waals surface area contributed by atoms with Gasteiger partial charge in [0.05, 0.1) is 19.8 Å². The number of carbonyl (C=O) groups excluding carboxylic acids is 1. The highest BCUT2D eigenvalue weighted by Gasteiger charge is 2.14. The number of nitrogens with one attached hydrogen (secondary N) is 1. The van der Waals surface area contributed by atoms with Gasteiger partial charge in [-0.3, -0.25) is 9.48 Å². The molecule has 1 aliphatic rings. The fraction of sp³-hybridized carbons (Fsp3) is 0.462. The van der Waals surface area contributed by atoms with Gasteiger partial charge in [-0.25, -0.2) is 4.98 Å². The molecule has 1 amide bonds. The van der Waals surface area contributed by atoms with Crippen LogP contribution in [0.15, 0.2) is 24.8 Å². The number of aromatic nitrogens is 5. The zero-order valence-electron chi connectivity index (χ0n) is 12.1. The molecule has 0 aromatic carbocycles. The lowest BCUT2D eigenvalue weighted by Crippen LogP contribution is -2.37. The normalized spacial score (nSPS) is 14.8. The molecule has 0 saturated carbocycles. The van der Waals surface area contributed by atoms with Gasteiger partial charge < -0.3 is 15.0 Å². The Bertz CT molecular complexity index is 593. The van der Waals surface area contributed by atoms with Crippen LogP contribution in [0.1, 0.15) is 10.5 Å². The molecule has 1 fully saturated rings. The number of ether oxygens (including phenoxy) is 1. The molecule has 0 radical (unpaired) electrons. The van der Waals surface area contributed by atoms with Crippen molar-refractivity contribution in [2.24, 2.45) is 0 Å². The van der Waals surface area contributed by atoms with E-state index >= 15 is 0 Å². The van der Waals surface area contributed by atoms with E-state index in [0.717, 1.165) is 18.9 Å². The first kappa shape index (κ1) is 14.4. The highest BCUT2D eigenvalue weighted by atomic mass is 16.5. The summed E-state index contributed by atoms with van der Waals surface area (Å²) < 4.78 is 6.94. The Morgan fingerprint density at radius 3 is 2.82 bits per heavy atom. The maximum absolute atomic E-state index is 12.0. The molecule has 1 N–H and O–H groups in total. The summed E-state index contributed by atoms with van der Waals surface area (Å²) in [5.74, 6) is 0.517. The highest BCUT2D eigenvalue weighted by molar-refractivity contribution is 5.92. The van der Waals surface area contributed by atoms with Gasteiger partial charge in [0.1, 0.15) is 12.7 Å². The quantitative estimate of drug-likeness (QED) is 0.782. The number of amides is 1. The van der Waals surface area contributed by atoms with Crippen molar-refractivity contribution in [2.45, 2.75) is 6.54 Å². The molecule has 0 bridgehead atoms. The van der Waals surface area contributed by atoms with Gasteiger partial charge in [-0.2, -0.15) is 5.10 Å². The molecule has 0 atom stereocenters. The van der Waals surface area contributed by atoms with Gasteiger partial charge in [-0.05, 0) is 12.1 Å². The number of nitrogens with zero attached hydrogens (tertiary/aromatic N) is 6. The van der Waals surface area contributed by atoms with Gasteiger partial charge in [-0.15, -0.1) is 10.2 Å². The average molecular weight is 303 g/mol. The number of hydrogen-bond acceptors (Lipinski definition) is 7. The third-order valence-electron chi connectivity index (χ3n) is 3.31. The van der Waals surface area contributed by atoms with E-state index in [0.29, 0.717) is 32.0 Å². The molecule has 2 aromatic heterocycles. The van der Waals surface area contributed by atoms with Crippen LogP contribution in [0.5, 0.6) is 0 Å². The zero-order chi connectivity index (χ0) is 15.2. The second-order valence-electron chi connectivity index (χ2n) is 4.79. The van der Waals surface area contributed by atoms with Gasteiger partial charge in [-0.1, -0.05) is 0 Å². The minimum atomic E-state index is -0.249. The van der Waals surface area contributed by atoms with Crippen molar-refractivity contribution in [3.05, 3.63) is 30.5 Å². The van der Waals surface area contributed by atoms with Crippen LogP contribution in [0.25, 0.3) is 0 Å². The maximum Gasteiger partial charge on any atom is 0.271 e. The fourth-order valence-corrected chi connectivity index (χ4v) is 2.13. The molecule has 2 aromatic rings. The molecule has 3 heterocycles. The Morgan fingerprint density at radius 1 is 1.27 bits per heavy atom. The van der Waals surface area contributed by atoms with Crippen LogP contribution in [-0.2, 0) is 11.3 Å². The predicted octanol–water partition coefficient (Wildman–Crippen LogP) is -0.665. The third-order valence-corrected chi connectivity index (χ3v) is 3.31. The summed E-state index contributed by atoms with van der Waals surface area (Å²) in [4.78, 5) is 17.9. The molecule has 116 valence electrons. The van der Waals surface area contributed by atoms with Crippen molar-refractivity contribution in [3.63, 3.8) is 0 Å². The van der Waals surface area contributed by atoms with Crippen molar-refractivity contribution in [2.75, 3.05) is 37.7 Å². The molecule has 3 rings (SSSR count). The van der Waals surface area contributed by atoms with Gasteiger partial charge in [0.2, 0.25) is 0 Å². The van der Waals surface area contributed by atoms with Gasteiger partial charge in [0.15, 0.2) is 11.5 Å². The summed E-state index contributed by atoms with van der Waals surface area (Å²) in [6, 6.07) is 3.49. The monoisotopic (exact) mass is 303 g/mol. The Kier molecular flexibility index (Phi) is 4.54. The number of morpholine rings is 1. The van der Waals surface area contributed by atoms with Crippen LogP contribution in [0.3, 0.4) is 0 Å². The minimum Gasteiger partial charge on any atom is -0.378 e. The van der Waals surface area contributed by atoms with E-state index in [-0.39, 0.29) is 5.91 Å². The first-order valence-corrected chi connectivity index (χ1v) is 7.10. The maximum atomic E-state index is 12.0. The first-order chi connectivity index (χ1) is 10.8. The van der Waals surface area contributed by atoms with Crippen LogP contribution in [0, 0.1) is 0 Å². The average Bonchev–Trinajstić information content (AvgIpc) is 3.09. The molecule has 1 saturated heterocycles. The van der Waals surface area contributed by atoms with Crippen molar-refractivity contribution < 1.29 is 9.53 Å². The summed E-state index contributed by atoms with van der Waals surface area (Å²) >= 11 is 0. The number of hydrogen-bond donors (Lipinski definition) is 1. The molecule has 1 aliphatic heterocycles. The van der Waals surface area contributed by atoms with Gasteiger partial charge >= 0.3 is 0 Å². The zero-order valence-corrected chi connectivity index (χ0v) is 12.1. The van der Waals surface area contributed by atoms with E-state index in [1.807, 2.05) is 6.07 Å². The smallest absolute Gasteiger partial charge is 0.271 e. The fourth-order valence-electron chi connectivity index (χ4n) is 2.13. The lowest BCUT2D eigenvalue weighted by atomic mass is 10.3. The highest BCUT2D eigenvalue weighted by Crippen LogP contribution is 2.11. The third kappa shape index (κ3) is 3.55. The molecular formula is C13H17N7O2. The van der Waals surface area contributed by atoms with Crippen LogP contribution < -0.4 is 10.2 Å². The summed E-state index contributed by atoms with van der Waals surface area (Å²) in [6.07, 6.45) is 3.06. The number of rotatable bonds is 5. The second-order valence-corrected chi connectivity index (χ2v) is 4.79. The first-order valence-electron chi connectivity index (χ1n) is 7.10. The van der Waals surface area contributed by atoms with Gasteiger partial charge in [0.25, 0.3) is 5.91 Å². The molecule has 9 nitrogen and oxygen atoms in total. The van der Waals surface area contributed by atoms with Crippen molar-refractivity contribution >= 4 is 11.7 Å². The van der Waals surface area contributed by atoms with Crippen LogP contribution >= 0.6 is 0 Å². The van der Waals surface area contributed by atoms with E-state index in [2.05, 4.69) is 30.5 Å². The Labute approximate surface area is 127 Å². The molecule has 0 aliphatic carbocycles. The standard InChI is InChI=1S/C13H17N7O2/c21-13(15-3-4-20-10-14-9-16-20)11-1-2-12(18-17-11)19-5-7-22-8-6-19/h1-2,9-10H,3-8H2,(H,15,21). The largest absolute Gasteiger partial charge is 0.378 e.